The van der Waals surface area contributed by atoms with E-state index in [-0.39, 0.29) is 34.8 Å². The highest BCUT2D eigenvalue weighted by atomic mass is 19.4. The zero-order valence-electron chi connectivity index (χ0n) is 16.0. The molecular weight excluding hydrogens is 413 g/mol. The maximum Gasteiger partial charge on any atom is 0.419 e. The number of halogens is 3. The van der Waals surface area contributed by atoms with Crippen LogP contribution in [0.4, 0.5) is 13.2 Å². The van der Waals surface area contributed by atoms with Gasteiger partial charge in [0, 0.05) is 18.7 Å². The first-order valence-corrected chi connectivity index (χ1v) is 8.89. The molecule has 8 nitrogen and oxygen atoms in total. The van der Waals surface area contributed by atoms with Crippen LogP contribution in [0.25, 0.3) is 22.3 Å². The van der Waals surface area contributed by atoms with Crippen molar-refractivity contribution in [2.75, 3.05) is 0 Å². The van der Waals surface area contributed by atoms with Gasteiger partial charge in [0.2, 0.25) is 0 Å². The van der Waals surface area contributed by atoms with Crippen molar-refractivity contribution >= 4 is 11.0 Å². The third kappa shape index (κ3) is 3.95. The molecule has 0 fully saturated rings. The number of alkyl halides is 3. The second-order valence-corrected chi connectivity index (χ2v) is 6.62. The van der Waals surface area contributed by atoms with Crippen molar-refractivity contribution in [2.45, 2.75) is 12.8 Å². The average molecular weight is 426 g/mol. The topological polar surface area (TPSA) is 104 Å². The van der Waals surface area contributed by atoms with Crippen LogP contribution in [-0.2, 0) is 19.8 Å². The number of fused-ring (bicyclic) bond motifs is 1. The number of aryl methyl sites for hydroxylation is 1. The van der Waals surface area contributed by atoms with Crippen molar-refractivity contribution in [3.05, 3.63) is 70.8 Å². The Hall–Kier alpha value is -4.20. The summed E-state index contributed by atoms with van der Waals surface area (Å²) in [7, 11) is 1.60. The molecule has 0 spiro atoms. The molecule has 4 aromatic rings. The number of nitriles is 1. The summed E-state index contributed by atoms with van der Waals surface area (Å²) in [5, 5.41) is 28.3. The predicted octanol–water partition coefficient (Wildman–Crippen LogP) is 3.13. The molecule has 0 aliphatic heterocycles. The summed E-state index contributed by atoms with van der Waals surface area (Å²) in [6.07, 6.45) is -2.22. The Labute approximate surface area is 173 Å². The number of hydrogen-bond acceptors (Lipinski definition) is 6. The summed E-state index contributed by atoms with van der Waals surface area (Å²) in [6.45, 7) is -0.213. The SMILES string of the molecule is Cn1nnc2c(C#N)nc(-c3ccc(OCc4ccc[n+]([O-])c4)c(C(F)(F)F)c3)cc21. The molecular formula is C20H13F3N6O2. The van der Waals surface area contributed by atoms with Gasteiger partial charge in [0.15, 0.2) is 18.1 Å². The molecule has 11 heteroatoms. The lowest BCUT2D eigenvalue weighted by molar-refractivity contribution is -0.606. The summed E-state index contributed by atoms with van der Waals surface area (Å²) in [4.78, 5) is 4.14. The predicted molar refractivity (Wildman–Crippen MR) is 101 cm³/mol. The third-order valence-corrected chi connectivity index (χ3v) is 4.52. The molecule has 0 amide bonds. The number of hydrogen-bond donors (Lipinski definition) is 0. The number of ether oxygens (including phenoxy) is 1. The van der Waals surface area contributed by atoms with E-state index in [0.717, 1.165) is 6.07 Å². The summed E-state index contributed by atoms with van der Waals surface area (Å²) >= 11 is 0. The number of benzene rings is 1. The maximum atomic E-state index is 13.7. The lowest BCUT2D eigenvalue weighted by Gasteiger charge is -2.15. The zero-order valence-corrected chi connectivity index (χ0v) is 16.0. The van der Waals surface area contributed by atoms with Crippen LogP contribution in [0.5, 0.6) is 5.75 Å². The Morgan fingerprint density at radius 1 is 1.26 bits per heavy atom. The standard InChI is InChI=1S/C20H13F3N6O2/c1-28-17-8-15(25-16(9-24)19(17)26-27-28)13-4-5-18(14(7-13)20(21,22)23)31-11-12-3-2-6-29(30)10-12/h2-8,10H,11H2,1H3. The van der Waals surface area contributed by atoms with Gasteiger partial charge in [-0.1, -0.05) is 5.21 Å². The molecule has 0 saturated carbocycles. The van der Waals surface area contributed by atoms with Gasteiger partial charge in [-0.3, -0.25) is 0 Å². The molecule has 3 heterocycles. The molecule has 3 aromatic heterocycles. The fraction of sp³-hybridized carbons (Fsp3) is 0.150. The first kappa shape index (κ1) is 20.1. The van der Waals surface area contributed by atoms with Gasteiger partial charge in [0.25, 0.3) is 0 Å². The summed E-state index contributed by atoms with van der Waals surface area (Å²) < 4.78 is 48.4. The highest BCUT2D eigenvalue weighted by Crippen LogP contribution is 2.39. The van der Waals surface area contributed by atoms with Gasteiger partial charge in [-0.15, -0.1) is 5.10 Å². The van der Waals surface area contributed by atoms with Crippen LogP contribution in [0, 0.1) is 16.5 Å². The fourth-order valence-corrected chi connectivity index (χ4v) is 3.04. The van der Waals surface area contributed by atoms with Crippen molar-refractivity contribution in [2.24, 2.45) is 7.05 Å². The Kier molecular flexibility index (Phi) is 4.90. The quantitative estimate of drug-likeness (QED) is 0.367. The molecule has 0 atom stereocenters. The van der Waals surface area contributed by atoms with Gasteiger partial charge in [-0.25, -0.2) is 9.67 Å². The van der Waals surface area contributed by atoms with E-state index in [0.29, 0.717) is 15.8 Å². The van der Waals surface area contributed by atoms with E-state index in [1.165, 1.54) is 41.3 Å². The van der Waals surface area contributed by atoms with Crippen LogP contribution in [0.15, 0.2) is 48.8 Å². The normalized spacial score (nSPS) is 11.5. The molecule has 1 aromatic carbocycles. The largest absolute Gasteiger partial charge is 0.619 e. The van der Waals surface area contributed by atoms with Crippen LogP contribution in [0.3, 0.4) is 0 Å². The molecule has 0 aliphatic carbocycles. The van der Waals surface area contributed by atoms with Crippen LogP contribution in [0.2, 0.25) is 0 Å². The molecule has 4 rings (SSSR count). The van der Waals surface area contributed by atoms with E-state index in [1.54, 1.807) is 13.1 Å². The number of aromatic nitrogens is 5. The highest BCUT2D eigenvalue weighted by molar-refractivity contribution is 5.83. The van der Waals surface area contributed by atoms with Gasteiger partial charge in [0.1, 0.15) is 23.9 Å². The summed E-state index contributed by atoms with van der Waals surface area (Å²) in [6, 6.07) is 9.97. The monoisotopic (exact) mass is 426 g/mol. The van der Waals surface area contributed by atoms with Gasteiger partial charge in [0.05, 0.1) is 22.3 Å². The molecule has 0 aliphatic rings. The van der Waals surface area contributed by atoms with E-state index in [9.17, 15) is 23.6 Å². The van der Waals surface area contributed by atoms with Crippen molar-refractivity contribution in [1.29, 1.82) is 5.26 Å². The van der Waals surface area contributed by atoms with E-state index in [4.69, 9.17) is 4.74 Å². The molecule has 31 heavy (non-hydrogen) atoms. The van der Waals surface area contributed by atoms with E-state index < -0.39 is 11.7 Å². The number of rotatable bonds is 4. The number of nitrogens with zero attached hydrogens (tertiary/aromatic N) is 6. The van der Waals surface area contributed by atoms with Crippen molar-refractivity contribution in [3.63, 3.8) is 0 Å². The highest BCUT2D eigenvalue weighted by Gasteiger charge is 2.35. The first-order chi connectivity index (χ1) is 14.8. The van der Waals surface area contributed by atoms with Gasteiger partial charge >= 0.3 is 6.18 Å². The Bertz CT molecular complexity index is 1330. The third-order valence-electron chi connectivity index (χ3n) is 4.52. The summed E-state index contributed by atoms with van der Waals surface area (Å²) in [5.74, 6) is -0.388. The van der Waals surface area contributed by atoms with Crippen LogP contribution < -0.4 is 9.47 Å². The van der Waals surface area contributed by atoms with Crippen molar-refractivity contribution in [3.8, 4) is 23.1 Å². The average Bonchev–Trinajstić information content (AvgIpc) is 3.12. The molecule has 0 radical (unpaired) electrons. The Morgan fingerprint density at radius 2 is 2.06 bits per heavy atom. The van der Waals surface area contributed by atoms with Crippen LogP contribution >= 0.6 is 0 Å². The first-order valence-electron chi connectivity index (χ1n) is 8.89. The minimum atomic E-state index is -4.70. The molecule has 156 valence electrons. The minimum absolute atomic E-state index is 0.0375. The maximum absolute atomic E-state index is 13.7. The molecule has 0 N–H and O–H groups in total. The van der Waals surface area contributed by atoms with E-state index in [2.05, 4.69) is 15.3 Å². The molecule has 0 bridgehead atoms. The Morgan fingerprint density at radius 3 is 2.77 bits per heavy atom. The zero-order chi connectivity index (χ0) is 22.2. The second kappa shape index (κ2) is 7.56. The van der Waals surface area contributed by atoms with Gasteiger partial charge in [-0.2, -0.15) is 23.2 Å². The lowest BCUT2D eigenvalue weighted by Crippen LogP contribution is -2.25. The Balaban J connectivity index is 1.75. The summed E-state index contributed by atoms with van der Waals surface area (Å²) in [5.41, 5.74) is 0.431. The molecule has 0 unspecified atom stereocenters. The number of pyridine rings is 2. The van der Waals surface area contributed by atoms with Crippen molar-refractivity contribution < 1.29 is 22.6 Å². The smallest absolute Gasteiger partial charge is 0.419 e. The minimum Gasteiger partial charge on any atom is -0.619 e. The molecule has 0 saturated heterocycles. The van der Waals surface area contributed by atoms with E-state index >= 15 is 0 Å². The van der Waals surface area contributed by atoms with Crippen LogP contribution in [0.1, 0.15) is 16.8 Å². The second-order valence-electron chi connectivity index (χ2n) is 6.62. The van der Waals surface area contributed by atoms with Gasteiger partial charge in [-0.05, 0) is 30.3 Å². The van der Waals surface area contributed by atoms with E-state index in [1.807, 2.05) is 6.07 Å². The van der Waals surface area contributed by atoms with Gasteiger partial charge < -0.3 is 9.94 Å². The van der Waals surface area contributed by atoms with Crippen LogP contribution in [-0.4, -0.2) is 20.0 Å². The van der Waals surface area contributed by atoms with Crippen molar-refractivity contribution in [1.82, 2.24) is 20.0 Å². The lowest BCUT2D eigenvalue weighted by atomic mass is 10.1. The fourth-order valence-electron chi connectivity index (χ4n) is 3.04.